The minimum atomic E-state index is 0.00156. The molecule has 0 aromatic heterocycles. The van der Waals surface area contributed by atoms with E-state index in [-0.39, 0.29) is 11.8 Å². The molecule has 0 atom stereocenters. The summed E-state index contributed by atoms with van der Waals surface area (Å²) in [7, 11) is 0. The maximum Gasteiger partial charge on any atom is 0.254 e. The number of piperazine rings is 1. The number of nitrogen functional groups attached to an aromatic ring is 1. The Labute approximate surface area is 143 Å². The number of nitrogens with zero attached hydrogens (tertiary/aromatic N) is 2. The first kappa shape index (κ1) is 16.8. The summed E-state index contributed by atoms with van der Waals surface area (Å²) in [5.74, 6) is 0.831. The van der Waals surface area contributed by atoms with Crippen molar-refractivity contribution in [3.63, 3.8) is 0 Å². The van der Waals surface area contributed by atoms with Crippen LogP contribution in [-0.2, 0) is 4.79 Å². The molecule has 1 aromatic rings. The van der Waals surface area contributed by atoms with Crippen LogP contribution in [0.4, 0.5) is 5.69 Å². The van der Waals surface area contributed by atoms with Crippen molar-refractivity contribution in [1.82, 2.24) is 9.80 Å². The van der Waals surface area contributed by atoms with E-state index in [4.69, 9.17) is 5.73 Å². The van der Waals surface area contributed by atoms with Gasteiger partial charge in [0.2, 0.25) is 5.91 Å². The van der Waals surface area contributed by atoms with E-state index < -0.39 is 0 Å². The number of rotatable bonds is 3. The van der Waals surface area contributed by atoms with Crippen molar-refractivity contribution in [2.75, 3.05) is 31.9 Å². The summed E-state index contributed by atoms with van der Waals surface area (Å²) in [5.41, 5.74) is 6.97. The average Bonchev–Trinajstić information content (AvgIpc) is 2.62. The molecule has 1 saturated carbocycles. The number of hydrogen-bond acceptors (Lipinski definition) is 3. The summed E-state index contributed by atoms with van der Waals surface area (Å²) < 4.78 is 0. The minimum Gasteiger partial charge on any atom is -0.399 e. The monoisotopic (exact) mass is 329 g/mol. The lowest BCUT2D eigenvalue weighted by Gasteiger charge is -2.35. The Bertz CT molecular complexity index is 588. The third-order valence-electron chi connectivity index (χ3n) is 5.24. The number of carbonyl (C=O) groups is 2. The third kappa shape index (κ3) is 4.08. The van der Waals surface area contributed by atoms with Crippen LogP contribution in [0.3, 0.4) is 0 Å². The molecule has 1 aliphatic carbocycles. The van der Waals surface area contributed by atoms with Crippen molar-refractivity contribution in [2.45, 2.75) is 38.5 Å². The number of nitrogens with two attached hydrogens (primary N) is 1. The predicted molar refractivity (Wildman–Crippen MR) is 94.5 cm³/mol. The molecule has 1 heterocycles. The summed E-state index contributed by atoms with van der Waals surface area (Å²) in [6.07, 6.45) is 6.92. The Kier molecular flexibility index (Phi) is 5.38. The molecule has 2 aliphatic rings. The smallest absolute Gasteiger partial charge is 0.254 e. The first-order chi connectivity index (χ1) is 11.6. The summed E-state index contributed by atoms with van der Waals surface area (Å²) in [6, 6.07) is 7.08. The van der Waals surface area contributed by atoms with E-state index in [1.807, 2.05) is 9.80 Å². The normalized spacial score (nSPS) is 19.3. The van der Waals surface area contributed by atoms with Crippen molar-refractivity contribution in [2.24, 2.45) is 5.92 Å². The highest BCUT2D eigenvalue weighted by molar-refractivity contribution is 5.95. The Morgan fingerprint density at radius 2 is 1.67 bits per heavy atom. The van der Waals surface area contributed by atoms with E-state index in [1.165, 1.54) is 32.1 Å². The minimum absolute atomic E-state index is 0.00156. The molecule has 1 aliphatic heterocycles. The fourth-order valence-corrected chi connectivity index (χ4v) is 3.78. The molecule has 1 saturated heterocycles. The zero-order chi connectivity index (χ0) is 16.9. The Hall–Kier alpha value is -2.04. The highest BCUT2D eigenvalue weighted by Gasteiger charge is 2.26. The lowest BCUT2D eigenvalue weighted by atomic mass is 9.86. The summed E-state index contributed by atoms with van der Waals surface area (Å²) in [5, 5.41) is 0. The van der Waals surface area contributed by atoms with Gasteiger partial charge in [-0.15, -0.1) is 0 Å². The van der Waals surface area contributed by atoms with Crippen LogP contribution in [0.25, 0.3) is 0 Å². The van der Waals surface area contributed by atoms with Gasteiger partial charge in [-0.1, -0.05) is 25.3 Å². The average molecular weight is 329 g/mol. The van der Waals surface area contributed by atoms with Crippen LogP contribution in [0.5, 0.6) is 0 Å². The Morgan fingerprint density at radius 3 is 2.33 bits per heavy atom. The molecule has 1 aromatic carbocycles. The lowest BCUT2D eigenvalue weighted by molar-refractivity contribution is -0.133. The Balaban J connectivity index is 1.50. The first-order valence-electron chi connectivity index (χ1n) is 9.06. The van der Waals surface area contributed by atoms with E-state index in [0.29, 0.717) is 49.8 Å². The molecule has 24 heavy (non-hydrogen) atoms. The van der Waals surface area contributed by atoms with Gasteiger partial charge in [0.1, 0.15) is 0 Å². The summed E-state index contributed by atoms with van der Waals surface area (Å²) in [6.45, 7) is 2.48. The van der Waals surface area contributed by atoms with E-state index in [1.54, 1.807) is 24.3 Å². The van der Waals surface area contributed by atoms with Crippen LogP contribution in [0.2, 0.25) is 0 Å². The largest absolute Gasteiger partial charge is 0.399 e. The number of hydrogen-bond donors (Lipinski definition) is 1. The van der Waals surface area contributed by atoms with E-state index in [2.05, 4.69) is 0 Å². The molecular formula is C19H27N3O2. The lowest BCUT2D eigenvalue weighted by Crippen LogP contribution is -2.50. The molecule has 0 bridgehead atoms. The van der Waals surface area contributed by atoms with Crippen molar-refractivity contribution in [3.8, 4) is 0 Å². The fourth-order valence-electron chi connectivity index (χ4n) is 3.78. The van der Waals surface area contributed by atoms with Crippen LogP contribution in [-0.4, -0.2) is 47.8 Å². The second-order valence-corrected chi connectivity index (χ2v) is 7.01. The van der Waals surface area contributed by atoms with Crippen molar-refractivity contribution in [3.05, 3.63) is 29.8 Å². The van der Waals surface area contributed by atoms with Gasteiger partial charge in [-0.05, 0) is 37.0 Å². The van der Waals surface area contributed by atoms with Gasteiger partial charge in [0, 0.05) is 43.9 Å². The quantitative estimate of drug-likeness (QED) is 0.867. The molecule has 5 nitrogen and oxygen atoms in total. The highest BCUT2D eigenvalue weighted by atomic mass is 16.2. The van der Waals surface area contributed by atoms with Crippen LogP contribution in [0.1, 0.15) is 48.9 Å². The van der Waals surface area contributed by atoms with Gasteiger partial charge in [-0.2, -0.15) is 0 Å². The van der Waals surface area contributed by atoms with Crippen LogP contribution in [0, 0.1) is 5.92 Å². The van der Waals surface area contributed by atoms with Crippen LogP contribution < -0.4 is 5.73 Å². The van der Waals surface area contributed by atoms with Gasteiger partial charge < -0.3 is 15.5 Å². The predicted octanol–water partition coefficient (Wildman–Crippen LogP) is 2.52. The zero-order valence-corrected chi connectivity index (χ0v) is 14.2. The first-order valence-corrected chi connectivity index (χ1v) is 9.06. The van der Waals surface area contributed by atoms with Gasteiger partial charge >= 0.3 is 0 Å². The van der Waals surface area contributed by atoms with Crippen LogP contribution in [0.15, 0.2) is 24.3 Å². The summed E-state index contributed by atoms with van der Waals surface area (Å²) >= 11 is 0. The van der Waals surface area contributed by atoms with Crippen molar-refractivity contribution in [1.29, 1.82) is 0 Å². The molecule has 0 unspecified atom stereocenters. The molecule has 3 rings (SSSR count). The topological polar surface area (TPSA) is 66.6 Å². The summed E-state index contributed by atoms with van der Waals surface area (Å²) in [4.78, 5) is 28.7. The molecule has 5 heteroatoms. The highest BCUT2D eigenvalue weighted by Crippen LogP contribution is 2.27. The molecule has 2 fully saturated rings. The van der Waals surface area contributed by atoms with Gasteiger partial charge in [-0.3, -0.25) is 9.59 Å². The number of benzene rings is 1. The number of carbonyl (C=O) groups excluding carboxylic acids is 2. The SMILES string of the molecule is Nc1cccc(C(=O)N2CCN(C(=O)CC3CCCCC3)CC2)c1. The van der Waals surface area contributed by atoms with E-state index >= 15 is 0 Å². The number of amides is 2. The van der Waals surface area contributed by atoms with Gasteiger partial charge in [-0.25, -0.2) is 0 Å². The molecule has 0 spiro atoms. The van der Waals surface area contributed by atoms with Gasteiger partial charge in [0.05, 0.1) is 0 Å². The maximum atomic E-state index is 12.5. The number of anilines is 1. The van der Waals surface area contributed by atoms with Gasteiger partial charge in [0.25, 0.3) is 5.91 Å². The molecule has 2 N–H and O–H groups in total. The maximum absolute atomic E-state index is 12.5. The van der Waals surface area contributed by atoms with E-state index in [0.717, 1.165) is 0 Å². The second kappa shape index (κ2) is 7.69. The van der Waals surface area contributed by atoms with Crippen molar-refractivity contribution < 1.29 is 9.59 Å². The van der Waals surface area contributed by atoms with Gasteiger partial charge in [0.15, 0.2) is 0 Å². The van der Waals surface area contributed by atoms with Crippen molar-refractivity contribution >= 4 is 17.5 Å². The standard InChI is InChI=1S/C19H27N3O2/c20-17-8-4-7-16(14-17)19(24)22-11-9-21(10-12-22)18(23)13-15-5-2-1-3-6-15/h4,7-8,14-15H,1-3,5-6,9-13,20H2. The molecule has 130 valence electrons. The molecule has 2 amide bonds. The third-order valence-corrected chi connectivity index (χ3v) is 5.24. The fraction of sp³-hybridized carbons (Fsp3) is 0.579. The second-order valence-electron chi connectivity index (χ2n) is 7.01. The van der Waals surface area contributed by atoms with Crippen LogP contribution >= 0.6 is 0 Å². The van der Waals surface area contributed by atoms with E-state index in [9.17, 15) is 9.59 Å². The Morgan fingerprint density at radius 1 is 1.00 bits per heavy atom. The molecular weight excluding hydrogens is 302 g/mol. The zero-order valence-electron chi connectivity index (χ0n) is 14.2. The molecule has 0 radical (unpaired) electrons.